The highest BCUT2D eigenvalue weighted by Crippen LogP contribution is 2.12. The minimum absolute atomic E-state index is 0.330. The molecule has 4 heteroatoms. The molecule has 0 aromatic carbocycles. The molecule has 0 aliphatic rings. The number of alkyl carbamates (subject to hydrolysis) is 1. The van der Waals surface area contributed by atoms with E-state index in [1.54, 1.807) is 0 Å². The lowest BCUT2D eigenvalue weighted by Gasteiger charge is -2.27. The minimum Gasteiger partial charge on any atom is -0.444 e. The number of amides is 1. The first-order chi connectivity index (χ1) is 9.56. The van der Waals surface area contributed by atoms with E-state index in [9.17, 15) is 4.79 Å². The Labute approximate surface area is 131 Å². The third-order valence-electron chi connectivity index (χ3n) is 3.74. The average Bonchev–Trinajstić information content (AvgIpc) is 2.30. The van der Waals surface area contributed by atoms with Crippen LogP contribution in [0.4, 0.5) is 4.79 Å². The van der Waals surface area contributed by atoms with Gasteiger partial charge >= 0.3 is 6.09 Å². The molecule has 4 nitrogen and oxygen atoms in total. The number of carbonyl (C=O) groups is 1. The number of rotatable bonds is 8. The first-order valence-corrected chi connectivity index (χ1v) is 8.27. The molecule has 0 radical (unpaired) electrons. The van der Waals surface area contributed by atoms with Crippen molar-refractivity contribution in [1.82, 2.24) is 10.6 Å². The van der Waals surface area contributed by atoms with Crippen molar-refractivity contribution in [3.63, 3.8) is 0 Å². The monoisotopic (exact) mass is 300 g/mol. The standard InChI is InChI=1S/C17H36N2O2/c1-9-15(13(4)5)18-10-14(12(2)3)11-19-16(20)21-17(6,7)8/h12-15,18H,9-11H2,1-8H3,(H,19,20). The number of ether oxygens (including phenoxy) is 1. The maximum Gasteiger partial charge on any atom is 0.407 e. The van der Waals surface area contributed by atoms with Gasteiger partial charge in [-0.3, -0.25) is 0 Å². The van der Waals surface area contributed by atoms with Crippen LogP contribution in [-0.4, -0.2) is 30.8 Å². The second-order valence-corrected chi connectivity index (χ2v) is 7.55. The predicted molar refractivity (Wildman–Crippen MR) is 89.5 cm³/mol. The summed E-state index contributed by atoms with van der Waals surface area (Å²) in [7, 11) is 0. The van der Waals surface area contributed by atoms with E-state index in [-0.39, 0.29) is 6.09 Å². The van der Waals surface area contributed by atoms with Crippen molar-refractivity contribution in [2.24, 2.45) is 17.8 Å². The third kappa shape index (κ3) is 9.72. The zero-order valence-corrected chi connectivity index (χ0v) is 15.2. The fraction of sp³-hybridized carbons (Fsp3) is 0.941. The largest absolute Gasteiger partial charge is 0.444 e. The maximum atomic E-state index is 11.7. The first-order valence-electron chi connectivity index (χ1n) is 8.27. The SMILES string of the molecule is CCC(NCC(CNC(=O)OC(C)(C)C)C(C)C)C(C)C. The van der Waals surface area contributed by atoms with Gasteiger partial charge in [-0.05, 0) is 44.9 Å². The van der Waals surface area contributed by atoms with Crippen molar-refractivity contribution in [2.45, 2.75) is 73.5 Å². The number of nitrogens with one attached hydrogen (secondary N) is 2. The second kappa shape index (κ2) is 9.29. The molecule has 0 aromatic heterocycles. The van der Waals surface area contributed by atoms with Crippen LogP contribution < -0.4 is 10.6 Å². The molecule has 0 saturated carbocycles. The molecule has 0 spiro atoms. The van der Waals surface area contributed by atoms with Crippen LogP contribution in [0.1, 0.15) is 61.8 Å². The Kier molecular flexibility index (Phi) is 8.95. The Hall–Kier alpha value is -0.770. The van der Waals surface area contributed by atoms with Crippen molar-refractivity contribution in [1.29, 1.82) is 0 Å². The molecule has 0 heterocycles. The van der Waals surface area contributed by atoms with Gasteiger partial charge < -0.3 is 15.4 Å². The highest BCUT2D eigenvalue weighted by Gasteiger charge is 2.20. The van der Waals surface area contributed by atoms with Crippen LogP contribution in [0.5, 0.6) is 0 Å². The van der Waals surface area contributed by atoms with Gasteiger partial charge in [0.25, 0.3) is 0 Å². The van der Waals surface area contributed by atoms with Gasteiger partial charge in [0.2, 0.25) is 0 Å². The molecule has 2 atom stereocenters. The molecule has 2 N–H and O–H groups in total. The van der Waals surface area contributed by atoms with Gasteiger partial charge in [0.15, 0.2) is 0 Å². The summed E-state index contributed by atoms with van der Waals surface area (Å²) in [4.78, 5) is 11.7. The fourth-order valence-electron chi connectivity index (χ4n) is 2.23. The van der Waals surface area contributed by atoms with Crippen LogP contribution in [0.3, 0.4) is 0 Å². The summed E-state index contributed by atoms with van der Waals surface area (Å²) in [5.74, 6) is 1.55. The predicted octanol–water partition coefficient (Wildman–Crippen LogP) is 3.81. The summed E-state index contributed by atoms with van der Waals surface area (Å²) in [6.07, 6.45) is 0.797. The van der Waals surface area contributed by atoms with Gasteiger partial charge in [0, 0.05) is 19.1 Å². The van der Waals surface area contributed by atoms with Gasteiger partial charge in [-0.15, -0.1) is 0 Å². The fourth-order valence-corrected chi connectivity index (χ4v) is 2.23. The summed E-state index contributed by atoms with van der Waals surface area (Å²) < 4.78 is 5.28. The Morgan fingerprint density at radius 3 is 2.00 bits per heavy atom. The van der Waals surface area contributed by atoms with Gasteiger partial charge in [0.1, 0.15) is 5.60 Å². The molecule has 1 amide bonds. The van der Waals surface area contributed by atoms with E-state index in [0.717, 1.165) is 13.0 Å². The normalized spacial score (nSPS) is 15.1. The van der Waals surface area contributed by atoms with Gasteiger partial charge in [-0.25, -0.2) is 4.79 Å². The molecule has 0 aliphatic heterocycles. The number of hydrogen-bond acceptors (Lipinski definition) is 3. The molecule has 0 aromatic rings. The molecule has 0 fully saturated rings. The van der Waals surface area contributed by atoms with Gasteiger partial charge in [-0.1, -0.05) is 34.6 Å². The second-order valence-electron chi connectivity index (χ2n) is 7.55. The van der Waals surface area contributed by atoms with Crippen molar-refractivity contribution >= 4 is 6.09 Å². The highest BCUT2D eigenvalue weighted by molar-refractivity contribution is 5.67. The Morgan fingerprint density at radius 2 is 1.62 bits per heavy atom. The lowest BCUT2D eigenvalue weighted by molar-refractivity contribution is 0.0514. The van der Waals surface area contributed by atoms with Crippen LogP contribution in [-0.2, 0) is 4.74 Å². The lowest BCUT2D eigenvalue weighted by atomic mass is 9.94. The molecule has 21 heavy (non-hydrogen) atoms. The summed E-state index contributed by atoms with van der Waals surface area (Å²) in [5, 5.41) is 6.52. The van der Waals surface area contributed by atoms with Crippen LogP contribution in [0.15, 0.2) is 0 Å². The molecular formula is C17H36N2O2. The Morgan fingerprint density at radius 1 is 1.05 bits per heavy atom. The van der Waals surface area contributed by atoms with E-state index >= 15 is 0 Å². The van der Waals surface area contributed by atoms with Crippen molar-refractivity contribution < 1.29 is 9.53 Å². The zero-order valence-electron chi connectivity index (χ0n) is 15.2. The Balaban J connectivity index is 4.29. The van der Waals surface area contributed by atoms with Crippen molar-refractivity contribution in [3.8, 4) is 0 Å². The third-order valence-corrected chi connectivity index (χ3v) is 3.74. The van der Waals surface area contributed by atoms with E-state index < -0.39 is 5.60 Å². The Bertz CT molecular complexity index is 296. The summed E-state index contributed by atoms with van der Waals surface area (Å²) in [6, 6.07) is 0.535. The summed E-state index contributed by atoms with van der Waals surface area (Å²) in [6.45, 7) is 18.3. The van der Waals surface area contributed by atoms with Crippen molar-refractivity contribution in [3.05, 3.63) is 0 Å². The van der Waals surface area contributed by atoms with Crippen LogP contribution in [0.25, 0.3) is 0 Å². The molecule has 0 rings (SSSR count). The molecule has 0 saturated heterocycles. The minimum atomic E-state index is -0.444. The molecular weight excluding hydrogens is 264 g/mol. The highest BCUT2D eigenvalue weighted by atomic mass is 16.6. The van der Waals surface area contributed by atoms with Gasteiger partial charge in [0.05, 0.1) is 0 Å². The van der Waals surface area contributed by atoms with Gasteiger partial charge in [-0.2, -0.15) is 0 Å². The first kappa shape index (κ1) is 20.2. The van der Waals surface area contributed by atoms with E-state index in [1.165, 1.54) is 0 Å². The van der Waals surface area contributed by atoms with E-state index in [4.69, 9.17) is 4.74 Å². The quantitative estimate of drug-likeness (QED) is 0.716. The maximum absolute atomic E-state index is 11.7. The van der Waals surface area contributed by atoms with Crippen LogP contribution in [0.2, 0.25) is 0 Å². The molecule has 0 aliphatic carbocycles. The van der Waals surface area contributed by atoms with E-state index in [1.807, 2.05) is 20.8 Å². The van der Waals surface area contributed by atoms with Crippen LogP contribution in [0, 0.1) is 17.8 Å². The topological polar surface area (TPSA) is 50.4 Å². The lowest BCUT2D eigenvalue weighted by Crippen LogP contribution is -2.43. The number of hydrogen-bond donors (Lipinski definition) is 2. The zero-order chi connectivity index (χ0) is 16.6. The molecule has 126 valence electrons. The van der Waals surface area contributed by atoms with Crippen molar-refractivity contribution in [2.75, 3.05) is 13.1 Å². The average molecular weight is 300 g/mol. The molecule has 0 bridgehead atoms. The molecule has 2 unspecified atom stereocenters. The van der Waals surface area contributed by atoms with E-state index in [2.05, 4.69) is 45.3 Å². The van der Waals surface area contributed by atoms with Crippen LogP contribution >= 0.6 is 0 Å². The summed E-state index contributed by atoms with van der Waals surface area (Å²) >= 11 is 0. The smallest absolute Gasteiger partial charge is 0.407 e. The number of carbonyl (C=O) groups excluding carboxylic acids is 1. The van der Waals surface area contributed by atoms with E-state index in [0.29, 0.717) is 30.3 Å². The summed E-state index contributed by atoms with van der Waals surface area (Å²) in [5.41, 5.74) is -0.444.